The van der Waals surface area contributed by atoms with E-state index in [-0.39, 0.29) is 12.5 Å². The minimum atomic E-state index is -0.423. The van der Waals surface area contributed by atoms with E-state index in [9.17, 15) is 9.59 Å². The Morgan fingerprint density at radius 1 is 1.27 bits per heavy atom. The highest BCUT2D eigenvalue weighted by atomic mass is 32.1. The van der Waals surface area contributed by atoms with Gasteiger partial charge in [-0.25, -0.2) is 4.79 Å². The first kappa shape index (κ1) is 18.5. The lowest BCUT2D eigenvalue weighted by molar-refractivity contribution is -0.124. The second-order valence-electron chi connectivity index (χ2n) is 6.49. The molecule has 1 aromatic heterocycles. The molecule has 0 aliphatic heterocycles. The number of carbonyl (C=O) groups is 2. The van der Waals surface area contributed by atoms with E-state index in [1.807, 2.05) is 36.4 Å². The quantitative estimate of drug-likeness (QED) is 0.598. The average molecular weight is 373 g/mol. The van der Waals surface area contributed by atoms with Crippen molar-refractivity contribution in [3.05, 3.63) is 51.7 Å². The van der Waals surface area contributed by atoms with Gasteiger partial charge in [0.25, 0.3) is 5.91 Å². The van der Waals surface area contributed by atoms with Crippen LogP contribution in [0.25, 0.3) is 0 Å². The van der Waals surface area contributed by atoms with Gasteiger partial charge in [-0.05, 0) is 48.9 Å². The number of thiophene rings is 1. The third-order valence-corrected chi connectivity index (χ3v) is 5.52. The number of nitrogens with one attached hydrogen (secondary N) is 1. The van der Waals surface area contributed by atoms with Crippen LogP contribution in [0.1, 0.15) is 33.5 Å². The standard InChI is InChI=1S/C20H23NO4S/c1-14-7-8-17-15(11-14)12-18(26-17)20(23)25-13-19(22)21-9-10-24-16-5-3-2-4-6-16/h2-6,12,14H,7-11,13H2,1H3,(H,21,22). The van der Waals surface area contributed by atoms with Crippen molar-refractivity contribution in [2.45, 2.75) is 26.2 Å². The van der Waals surface area contributed by atoms with Gasteiger partial charge in [-0.2, -0.15) is 0 Å². The first-order chi connectivity index (χ1) is 12.6. The molecule has 26 heavy (non-hydrogen) atoms. The second-order valence-corrected chi connectivity index (χ2v) is 7.63. The first-order valence-electron chi connectivity index (χ1n) is 8.85. The van der Waals surface area contributed by atoms with Crippen LogP contribution in [0, 0.1) is 5.92 Å². The van der Waals surface area contributed by atoms with E-state index in [2.05, 4.69) is 12.2 Å². The molecule has 1 atom stereocenters. The number of benzene rings is 1. The molecule has 0 saturated heterocycles. The number of fused-ring (bicyclic) bond motifs is 1. The molecular formula is C20H23NO4S. The van der Waals surface area contributed by atoms with Gasteiger partial charge in [0.15, 0.2) is 6.61 Å². The molecule has 0 radical (unpaired) electrons. The summed E-state index contributed by atoms with van der Waals surface area (Å²) in [7, 11) is 0. The molecule has 1 unspecified atom stereocenters. The molecule has 0 bridgehead atoms. The molecule has 1 aliphatic rings. The molecule has 6 heteroatoms. The third kappa shape index (κ3) is 5.08. The van der Waals surface area contributed by atoms with Crippen molar-refractivity contribution in [3.8, 4) is 5.75 Å². The van der Waals surface area contributed by atoms with Crippen LogP contribution in [0.4, 0.5) is 0 Å². The van der Waals surface area contributed by atoms with Crippen molar-refractivity contribution in [3.63, 3.8) is 0 Å². The Labute approximate surface area is 157 Å². The fourth-order valence-electron chi connectivity index (χ4n) is 2.94. The maximum Gasteiger partial charge on any atom is 0.348 e. The van der Waals surface area contributed by atoms with E-state index >= 15 is 0 Å². The molecule has 0 spiro atoms. The number of amides is 1. The summed E-state index contributed by atoms with van der Waals surface area (Å²) in [4.78, 5) is 25.8. The lowest BCUT2D eigenvalue weighted by Gasteiger charge is -2.16. The van der Waals surface area contributed by atoms with Crippen LogP contribution in [0.2, 0.25) is 0 Å². The van der Waals surface area contributed by atoms with Crippen LogP contribution < -0.4 is 10.1 Å². The van der Waals surface area contributed by atoms with Crippen molar-refractivity contribution < 1.29 is 19.1 Å². The number of para-hydroxylation sites is 1. The van der Waals surface area contributed by atoms with Crippen LogP contribution in [0.3, 0.4) is 0 Å². The summed E-state index contributed by atoms with van der Waals surface area (Å²) in [6.07, 6.45) is 3.20. The Morgan fingerprint density at radius 2 is 2.08 bits per heavy atom. The molecule has 3 rings (SSSR count). The Kier molecular flexibility index (Phi) is 6.28. The van der Waals surface area contributed by atoms with Crippen molar-refractivity contribution in [2.24, 2.45) is 5.92 Å². The summed E-state index contributed by atoms with van der Waals surface area (Å²) < 4.78 is 10.6. The molecular weight excluding hydrogens is 350 g/mol. The molecule has 0 fully saturated rings. The van der Waals surface area contributed by atoms with Gasteiger partial charge >= 0.3 is 5.97 Å². The molecule has 1 N–H and O–H groups in total. The zero-order valence-corrected chi connectivity index (χ0v) is 15.6. The van der Waals surface area contributed by atoms with Gasteiger partial charge in [0.1, 0.15) is 17.2 Å². The number of aryl methyl sites for hydroxylation is 1. The summed E-state index contributed by atoms with van der Waals surface area (Å²) >= 11 is 1.49. The molecule has 0 saturated carbocycles. The van der Waals surface area contributed by atoms with Crippen molar-refractivity contribution in [1.82, 2.24) is 5.32 Å². The largest absolute Gasteiger partial charge is 0.492 e. The highest BCUT2D eigenvalue weighted by molar-refractivity contribution is 7.14. The Bertz CT molecular complexity index is 756. The van der Waals surface area contributed by atoms with Gasteiger partial charge in [-0.3, -0.25) is 4.79 Å². The molecule has 1 aromatic carbocycles. The van der Waals surface area contributed by atoms with Gasteiger partial charge < -0.3 is 14.8 Å². The lowest BCUT2D eigenvalue weighted by atomic mass is 9.90. The molecule has 138 valence electrons. The smallest absolute Gasteiger partial charge is 0.348 e. The monoisotopic (exact) mass is 373 g/mol. The third-order valence-electron chi connectivity index (χ3n) is 4.30. The molecule has 2 aromatic rings. The van der Waals surface area contributed by atoms with Crippen LogP contribution in [0.5, 0.6) is 5.75 Å². The predicted molar refractivity (Wildman–Crippen MR) is 101 cm³/mol. The number of rotatable bonds is 7. The topological polar surface area (TPSA) is 64.6 Å². The summed E-state index contributed by atoms with van der Waals surface area (Å²) in [6.45, 7) is 2.67. The Balaban J connectivity index is 1.37. The van der Waals surface area contributed by atoms with E-state index in [4.69, 9.17) is 9.47 Å². The lowest BCUT2D eigenvalue weighted by Crippen LogP contribution is -2.32. The van der Waals surface area contributed by atoms with E-state index in [1.165, 1.54) is 21.8 Å². The van der Waals surface area contributed by atoms with E-state index in [1.54, 1.807) is 0 Å². The zero-order chi connectivity index (χ0) is 18.4. The number of esters is 1. The average Bonchev–Trinajstić information content (AvgIpc) is 3.07. The van der Waals surface area contributed by atoms with E-state index in [0.29, 0.717) is 23.9 Å². The van der Waals surface area contributed by atoms with Gasteiger partial charge in [-0.15, -0.1) is 11.3 Å². The summed E-state index contributed by atoms with van der Waals surface area (Å²) in [6, 6.07) is 11.3. The number of ether oxygens (including phenoxy) is 2. The molecule has 5 nitrogen and oxygen atoms in total. The van der Waals surface area contributed by atoms with Crippen LogP contribution in [-0.4, -0.2) is 31.6 Å². The number of hydrogen-bond acceptors (Lipinski definition) is 5. The minimum absolute atomic E-state index is 0.275. The summed E-state index contributed by atoms with van der Waals surface area (Å²) in [5, 5.41) is 2.68. The minimum Gasteiger partial charge on any atom is -0.492 e. The Morgan fingerprint density at radius 3 is 2.88 bits per heavy atom. The highest BCUT2D eigenvalue weighted by Gasteiger charge is 2.21. The maximum atomic E-state index is 12.1. The van der Waals surface area contributed by atoms with Crippen LogP contribution in [-0.2, 0) is 22.4 Å². The second kappa shape index (κ2) is 8.85. The molecule has 1 heterocycles. The van der Waals surface area contributed by atoms with Gasteiger partial charge in [0.2, 0.25) is 0 Å². The molecule has 1 amide bonds. The van der Waals surface area contributed by atoms with Crippen molar-refractivity contribution in [1.29, 1.82) is 0 Å². The Hall–Kier alpha value is -2.34. The first-order valence-corrected chi connectivity index (χ1v) is 9.66. The van der Waals surface area contributed by atoms with Gasteiger partial charge in [0.05, 0.1) is 6.54 Å². The highest BCUT2D eigenvalue weighted by Crippen LogP contribution is 2.32. The van der Waals surface area contributed by atoms with Crippen molar-refractivity contribution >= 4 is 23.2 Å². The summed E-state index contributed by atoms with van der Waals surface area (Å²) in [5.41, 5.74) is 1.25. The maximum absolute atomic E-state index is 12.1. The van der Waals surface area contributed by atoms with Crippen LogP contribution in [0.15, 0.2) is 36.4 Å². The van der Waals surface area contributed by atoms with E-state index in [0.717, 1.165) is 25.0 Å². The van der Waals surface area contributed by atoms with Gasteiger partial charge in [-0.1, -0.05) is 25.1 Å². The fraction of sp³-hybridized carbons (Fsp3) is 0.400. The van der Waals surface area contributed by atoms with E-state index < -0.39 is 5.97 Å². The predicted octanol–water partition coefficient (Wildman–Crippen LogP) is 3.22. The van der Waals surface area contributed by atoms with Gasteiger partial charge in [0, 0.05) is 4.88 Å². The zero-order valence-electron chi connectivity index (χ0n) is 14.8. The summed E-state index contributed by atoms with van der Waals surface area (Å²) in [5.74, 6) is 0.659. The number of hydrogen-bond donors (Lipinski definition) is 1. The number of carbonyl (C=O) groups excluding carboxylic acids is 2. The fourth-order valence-corrected chi connectivity index (χ4v) is 4.04. The normalized spacial score (nSPS) is 15.8. The van der Waals surface area contributed by atoms with Crippen LogP contribution >= 0.6 is 11.3 Å². The molecule has 1 aliphatic carbocycles. The van der Waals surface area contributed by atoms with Crippen molar-refractivity contribution in [2.75, 3.05) is 19.8 Å². The SMILES string of the molecule is CC1CCc2sc(C(=O)OCC(=O)NCCOc3ccccc3)cc2C1.